The Morgan fingerprint density at radius 3 is 2.60 bits per heavy atom. The van der Waals surface area contributed by atoms with Crippen LogP contribution in [0.2, 0.25) is 0 Å². The lowest BCUT2D eigenvalue weighted by atomic mass is 10.0. The van der Waals surface area contributed by atoms with Gasteiger partial charge in [0.25, 0.3) is 0 Å². The van der Waals surface area contributed by atoms with Crippen LogP contribution in [0.1, 0.15) is 25.7 Å². The van der Waals surface area contributed by atoms with Gasteiger partial charge < -0.3 is 4.74 Å². The molecular formula is C10H17NO3S. The fourth-order valence-corrected chi connectivity index (χ4v) is 3.41. The summed E-state index contributed by atoms with van der Waals surface area (Å²) in [4.78, 5) is 0. The molecule has 0 atom stereocenters. The molecule has 5 heteroatoms. The first-order valence-electron chi connectivity index (χ1n) is 5.35. The first kappa shape index (κ1) is 11.1. The Bertz CT molecular complexity index is 344. The fourth-order valence-electron chi connectivity index (χ4n) is 2.45. The molecule has 0 bridgehead atoms. The predicted octanol–water partition coefficient (Wildman–Crippen LogP) is 1.10. The Hall–Kier alpha value is -0.390. The third-order valence-corrected chi connectivity index (χ3v) is 4.75. The van der Waals surface area contributed by atoms with Gasteiger partial charge >= 0.3 is 0 Å². The Labute approximate surface area is 91.0 Å². The highest BCUT2D eigenvalue weighted by Crippen LogP contribution is 2.36. The topological polar surface area (TPSA) is 46.6 Å². The molecule has 1 aliphatic carbocycles. The van der Waals surface area contributed by atoms with Gasteiger partial charge in [0.05, 0.1) is 12.2 Å². The molecule has 0 amide bonds. The summed E-state index contributed by atoms with van der Waals surface area (Å²) in [6, 6.07) is 0. The number of morpholine rings is 1. The van der Waals surface area contributed by atoms with Crippen LogP contribution in [0.4, 0.5) is 0 Å². The molecule has 0 aromatic heterocycles. The van der Waals surface area contributed by atoms with Crippen molar-refractivity contribution in [1.29, 1.82) is 0 Å². The standard InChI is InChI=1S/C10H17NO3S/c1-2-15(12,13)11-7-8-14-10(9-11)5-3-4-6-10/h2H,1,3-9H2. The zero-order chi connectivity index (χ0) is 10.9. The summed E-state index contributed by atoms with van der Waals surface area (Å²) >= 11 is 0. The van der Waals surface area contributed by atoms with E-state index in [0.717, 1.165) is 31.1 Å². The van der Waals surface area contributed by atoms with Crippen LogP contribution in [-0.4, -0.2) is 38.0 Å². The molecule has 0 radical (unpaired) electrons. The summed E-state index contributed by atoms with van der Waals surface area (Å²) in [6.07, 6.45) is 4.25. The molecule has 2 rings (SSSR count). The van der Waals surface area contributed by atoms with E-state index in [4.69, 9.17) is 4.74 Å². The van der Waals surface area contributed by atoms with Crippen molar-refractivity contribution in [3.8, 4) is 0 Å². The summed E-state index contributed by atoms with van der Waals surface area (Å²) in [5, 5.41) is 1.03. The van der Waals surface area contributed by atoms with Gasteiger partial charge in [0, 0.05) is 18.5 Å². The van der Waals surface area contributed by atoms with E-state index in [0.29, 0.717) is 19.7 Å². The lowest BCUT2D eigenvalue weighted by Gasteiger charge is -2.39. The van der Waals surface area contributed by atoms with E-state index in [1.54, 1.807) is 0 Å². The van der Waals surface area contributed by atoms with Crippen LogP contribution >= 0.6 is 0 Å². The van der Waals surface area contributed by atoms with E-state index in [2.05, 4.69) is 6.58 Å². The van der Waals surface area contributed by atoms with Gasteiger partial charge in [0.15, 0.2) is 0 Å². The zero-order valence-electron chi connectivity index (χ0n) is 8.81. The van der Waals surface area contributed by atoms with E-state index in [-0.39, 0.29) is 5.60 Å². The number of hydrogen-bond acceptors (Lipinski definition) is 3. The minimum atomic E-state index is -3.27. The average Bonchev–Trinajstić information content (AvgIpc) is 2.66. The third-order valence-electron chi connectivity index (χ3n) is 3.30. The molecule has 2 aliphatic rings. The highest BCUT2D eigenvalue weighted by molar-refractivity contribution is 7.92. The predicted molar refractivity (Wildman–Crippen MR) is 57.8 cm³/mol. The molecule has 0 aromatic carbocycles. The number of ether oxygens (including phenoxy) is 1. The number of rotatable bonds is 2. The van der Waals surface area contributed by atoms with E-state index >= 15 is 0 Å². The van der Waals surface area contributed by atoms with E-state index in [9.17, 15) is 8.42 Å². The normalized spacial score (nSPS) is 26.9. The monoisotopic (exact) mass is 231 g/mol. The molecule has 1 aliphatic heterocycles. The molecular weight excluding hydrogens is 214 g/mol. The van der Waals surface area contributed by atoms with Crippen LogP contribution < -0.4 is 0 Å². The van der Waals surface area contributed by atoms with Crippen molar-refractivity contribution < 1.29 is 13.2 Å². The summed E-state index contributed by atoms with van der Waals surface area (Å²) in [5.74, 6) is 0. The summed E-state index contributed by atoms with van der Waals surface area (Å²) in [6.45, 7) is 4.81. The minimum Gasteiger partial charge on any atom is -0.372 e. The lowest BCUT2D eigenvalue weighted by molar-refractivity contribution is -0.0839. The maximum absolute atomic E-state index is 11.6. The van der Waals surface area contributed by atoms with E-state index in [1.165, 1.54) is 4.31 Å². The van der Waals surface area contributed by atoms with Crippen LogP contribution in [0.15, 0.2) is 12.0 Å². The molecule has 15 heavy (non-hydrogen) atoms. The van der Waals surface area contributed by atoms with Crippen molar-refractivity contribution in [2.45, 2.75) is 31.3 Å². The van der Waals surface area contributed by atoms with Crippen molar-refractivity contribution in [2.75, 3.05) is 19.7 Å². The molecule has 4 nitrogen and oxygen atoms in total. The molecule has 2 fully saturated rings. The second-order valence-electron chi connectivity index (χ2n) is 4.28. The van der Waals surface area contributed by atoms with Gasteiger partial charge in [0.2, 0.25) is 10.0 Å². The third kappa shape index (κ3) is 2.09. The van der Waals surface area contributed by atoms with Crippen molar-refractivity contribution in [1.82, 2.24) is 4.31 Å². The smallest absolute Gasteiger partial charge is 0.235 e. The SMILES string of the molecule is C=CS(=O)(=O)N1CCOC2(CCCC2)C1. The molecule has 0 aromatic rings. The van der Waals surface area contributed by atoms with Gasteiger partial charge in [0.1, 0.15) is 0 Å². The average molecular weight is 231 g/mol. The molecule has 0 unspecified atom stereocenters. The highest BCUT2D eigenvalue weighted by atomic mass is 32.2. The van der Waals surface area contributed by atoms with Gasteiger partial charge in [-0.2, -0.15) is 4.31 Å². The number of sulfonamides is 1. The van der Waals surface area contributed by atoms with Gasteiger partial charge in [-0.1, -0.05) is 19.4 Å². The maximum atomic E-state index is 11.6. The van der Waals surface area contributed by atoms with Crippen LogP contribution in [-0.2, 0) is 14.8 Å². The summed E-state index contributed by atoms with van der Waals surface area (Å²) in [5.41, 5.74) is -0.200. The van der Waals surface area contributed by atoms with Crippen molar-refractivity contribution in [3.05, 3.63) is 12.0 Å². The fraction of sp³-hybridized carbons (Fsp3) is 0.800. The number of nitrogens with zero attached hydrogens (tertiary/aromatic N) is 1. The molecule has 0 N–H and O–H groups in total. The minimum absolute atomic E-state index is 0.200. The Kier molecular flexibility index (Phi) is 2.87. The van der Waals surface area contributed by atoms with Crippen LogP contribution in [0.3, 0.4) is 0 Å². The van der Waals surface area contributed by atoms with Crippen molar-refractivity contribution >= 4 is 10.0 Å². The van der Waals surface area contributed by atoms with Gasteiger partial charge in [-0.05, 0) is 12.8 Å². The highest BCUT2D eigenvalue weighted by Gasteiger charge is 2.41. The largest absolute Gasteiger partial charge is 0.372 e. The quantitative estimate of drug-likeness (QED) is 0.715. The van der Waals surface area contributed by atoms with E-state index < -0.39 is 10.0 Å². The Morgan fingerprint density at radius 2 is 2.00 bits per heavy atom. The first-order valence-corrected chi connectivity index (χ1v) is 6.85. The summed E-state index contributed by atoms with van der Waals surface area (Å²) < 4.78 is 30.5. The molecule has 1 heterocycles. The first-order chi connectivity index (χ1) is 7.08. The van der Waals surface area contributed by atoms with Crippen molar-refractivity contribution in [2.24, 2.45) is 0 Å². The van der Waals surface area contributed by atoms with Gasteiger partial charge in [-0.25, -0.2) is 8.42 Å². The molecule has 1 saturated carbocycles. The second-order valence-corrected chi connectivity index (χ2v) is 6.16. The van der Waals surface area contributed by atoms with Gasteiger partial charge in [-0.3, -0.25) is 0 Å². The van der Waals surface area contributed by atoms with E-state index in [1.807, 2.05) is 0 Å². The van der Waals surface area contributed by atoms with Crippen LogP contribution in [0.5, 0.6) is 0 Å². The number of hydrogen-bond donors (Lipinski definition) is 0. The zero-order valence-corrected chi connectivity index (χ0v) is 9.63. The Morgan fingerprint density at radius 1 is 1.33 bits per heavy atom. The Balaban J connectivity index is 2.14. The van der Waals surface area contributed by atoms with Gasteiger partial charge in [-0.15, -0.1) is 0 Å². The molecule has 86 valence electrons. The molecule has 1 saturated heterocycles. The lowest BCUT2D eigenvalue weighted by Crippen LogP contribution is -2.51. The molecule has 1 spiro atoms. The second kappa shape index (κ2) is 3.88. The van der Waals surface area contributed by atoms with Crippen LogP contribution in [0.25, 0.3) is 0 Å². The van der Waals surface area contributed by atoms with Crippen LogP contribution in [0, 0.1) is 0 Å². The summed E-state index contributed by atoms with van der Waals surface area (Å²) in [7, 11) is -3.27. The van der Waals surface area contributed by atoms with Crippen molar-refractivity contribution in [3.63, 3.8) is 0 Å². The maximum Gasteiger partial charge on any atom is 0.235 e.